The van der Waals surface area contributed by atoms with Crippen molar-refractivity contribution in [2.24, 2.45) is 5.16 Å². The average molecular weight is 399 g/mol. The van der Waals surface area contributed by atoms with Crippen molar-refractivity contribution in [1.29, 1.82) is 0 Å². The van der Waals surface area contributed by atoms with Crippen LogP contribution in [-0.2, 0) is 32.1 Å². The Kier molecular flexibility index (Phi) is 9.18. The maximum Gasteiger partial charge on any atom is 0.335 e. The summed E-state index contributed by atoms with van der Waals surface area (Å²) in [5.74, 6) is 0.340. The van der Waals surface area contributed by atoms with Gasteiger partial charge in [-0.05, 0) is 44.0 Å². The highest BCUT2D eigenvalue weighted by Crippen LogP contribution is 2.16. The summed E-state index contributed by atoms with van der Waals surface area (Å²) in [5.41, 5.74) is 2.76. The van der Waals surface area contributed by atoms with Gasteiger partial charge in [-0.2, -0.15) is 0 Å². The Hall–Kier alpha value is -2.86. The van der Waals surface area contributed by atoms with E-state index in [1.54, 1.807) is 0 Å². The van der Waals surface area contributed by atoms with Crippen LogP contribution < -0.4 is 4.74 Å². The number of hydrogen-bond donors (Lipinski definition) is 0. The molecule has 0 spiro atoms. The molecule has 0 saturated heterocycles. The standard InChI is InChI=1S/C23H29NO5/c1-17(2)29-22(23(25)26-4)14-19-10-12-21(13-11-19)27-15-18(3)24-28-16-20-8-6-5-7-9-20/h5-13,17,22H,14-16H2,1-4H3. The van der Waals surface area contributed by atoms with Crippen molar-refractivity contribution in [3.63, 3.8) is 0 Å². The van der Waals surface area contributed by atoms with E-state index in [1.165, 1.54) is 7.11 Å². The first-order chi connectivity index (χ1) is 14.0. The van der Waals surface area contributed by atoms with Gasteiger partial charge in [0.15, 0.2) is 6.10 Å². The van der Waals surface area contributed by atoms with Crippen molar-refractivity contribution >= 4 is 11.7 Å². The Morgan fingerprint density at radius 2 is 1.69 bits per heavy atom. The number of benzene rings is 2. The Labute approximate surface area is 172 Å². The summed E-state index contributed by atoms with van der Waals surface area (Å²) in [6.07, 6.45) is -0.241. The first-order valence-corrected chi connectivity index (χ1v) is 9.62. The van der Waals surface area contributed by atoms with Crippen LogP contribution in [0.15, 0.2) is 59.8 Å². The molecule has 0 heterocycles. The number of rotatable bonds is 11. The quantitative estimate of drug-likeness (QED) is 0.322. The van der Waals surface area contributed by atoms with E-state index in [2.05, 4.69) is 5.16 Å². The predicted molar refractivity (Wildman–Crippen MR) is 112 cm³/mol. The van der Waals surface area contributed by atoms with E-state index in [1.807, 2.05) is 75.4 Å². The second-order valence-corrected chi connectivity index (χ2v) is 6.92. The molecule has 1 unspecified atom stereocenters. The minimum atomic E-state index is -0.622. The molecule has 6 heteroatoms. The van der Waals surface area contributed by atoms with Crippen molar-refractivity contribution < 1.29 is 23.8 Å². The van der Waals surface area contributed by atoms with E-state index in [-0.39, 0.29) is 12.1 Å². The summed E-state index contributed by atoms with van der Waals surface area (Å²) in [7, 11) is 1.36. The van der Waals surface area contributed by atoms with Gasteiger partial charge in [0, 0.05) is 6.42 Å². The summed E-state index contributed by atoms with van der Waals surface area (Å²) in [5, 5.41) is 4.07. The van der Waals surface area contributed by atoms with Gasteiger partial charge < -0.3 is 19.0 Å². The Morgan fingerprint density at radius 3 is 2.31 bits per heavy atom. The number of hydrogen-bond acceptors (Lipinski definition) is 6. The number of esters is 1. The van der Waals surface area contributed by atoms with Crippen LogP contribution in [0, 0.1) is 0 Å². The molecule has 2 aromatic rings. The van der Waals surface area contributed by atoms with Crippen molar-refractivity contribution in [1.82, 2.24) is 0 Å². The lowest BCUT2D eigenvalue weighted by atomic mass is 10.1. The number of carbonyl (C=O) groups is 1. The summed E-state index contributed by atoms with van der Waals surface area (Å²) < 4.78 is 16.2. The molecule has 156 valence electrons. The molecule has 0 N–H and O–H groups in total. The van der Waals surface area contributed by atoms with E-state index in [0.717, 1.165) is 16.8 Å². The lowest BCUT2D eigenvalue weighted by molar-refractivity contribution is -0.156. The third kappa shape index (κ3) is 8.35. The fourth-order valence-electron chi connectivity index (χ4n) is 2.59. The highest BCUT2D eigenvalue weighted by Gasteiger charge is 2.21. The number of ether oxygens (including phenoxy) is 3. The van der Waals surface area contributed by atoms with Gasteiger partial charge in [0.05, 0.1) is 18.9 Å². The van der Waals surface area contributed by atoms with E-state index < -0.39 is 6.10 Å². The Morgan fingerprint density at radius 1 is 1.00 bits per heavy atom. The van der Waals surface area contributed by atoms with Crippen LogP contribution in [-0.4, -0.2) is 37.6 Å². The van der Waals surface area contributed by atoms with Crippen molar-refractivity contribution in [3.05, 3.63) is 65.7 Å². The molecular formula is C23H29NO5. The smallest absolute Gasteiger partial charge is 0.335 e. The minimum Gasteiger partial charge on any atom is -0.488 e. The number of methoxy groups -OCH3 is 1. The van der Waals surface area contributed by atoms with Crippen LogP contribution in [0.2, 0.25) is 0 Å². The second-order valence-electron chi connectivity index (χ2n) is 6.92. The first-order valence-electron chi connectivity index (χ1n) is 9.62. The molecule has 0 aliphatic heterocycles. The third-order valence-electron chi connectivity index (χ3n) is 3.99. The number of carbonyl (C=O) groups excluding carboxylic acids is 1. The van der Waals surface area contributed by atoms with Crippen LogP contribution in [0.3, 0.4) is 0 Å². The molecule has 0 aliphatic carbocycles. The molecule has 29 heavy (non-hydrogen) atoms. The molecule has 2 aromatic carbocycles. The SMILES string of the molecule is COC(=O)C(Cc1ccc(OCC(C)=NOCc2ccccc2)cc1)OC(C)C. The van der Waals surface area contributed by atoms with Crippen molar-refractivity contribution in [2.75, 3.05) is 13.7 Å². The lowest BCUT2D eigenvalue weighted by Gasteiger charge is -2.18. The van der Waals surface area contributed by atoms with Gasteiger partial charge in [0.1, 0.15) is 19.0 Å². The molecule has 2 rings (SSSR count). The molecular weight excluding hydrogens is 370 g/mol. The zero-order valence-corrected chi connectivity index (χ0v) is 17.5. The fraction of sp³-hybridized carbons (Fsp3) is 0.391. The van der Waals surface area contributed by atoms with Gasteiger partial charge in [0.25, 0.3) is 0 Å². The van der Waals surface area contributed by atoms with Gasteiger partial charge in [-0.1, -0.05) is 47.6 Å². The minimum absolute atomic E-state index is 0.0620. The summed E-state index contributed by atoms with van der Waals surface area (Å²) in [4.78, 5) is 17.2. The van der Waals surface area contributed by atoms with Crippen molar-refractivity contribution in [2.45, 2.75) is 46.0 Å². The molecule has 0 bridgehead atoms. The van der Waals surface area contributed by atoms with E-state index in [4.69, 9.17) is 19.0 Å². The van der Waals surface area contributed by atoms with E-state index in [0.29, 0.717) is 25.4 Å². The maximum absolute atomic E-state index is 11.9. The molecule has 0 aromatic heterocycles. The molecule has 1 atom stereocenters. The summed E-state index contributed by atoms with van der Waals surface area (Å²) >= 11 is 0. The van der Waals surface area contributed by atoms with Crippen LogP contribution in [0.4, 0.5) is 0 Å². The second kappa shape index (κ2) is 11.9. The van der Waals surface area contributed by atoms with Gasteiger partial charge >= 0.3 is 5.97 Å². The highest BCUT2D eigenvalue weighted by molar-refractivity contribution is 5.82. The van der Waals surface area contributed by atoms with E-state index >= 15 is 0 Å². The van der Waals surface area contributed by atoms with Crippen LogP contribution in [0.25, 0.3) is 0 Å². The average Bonchev–Trinajstić information content (AvgIpc) is 2.72. The number of nitrogens with zero attached hydrogens (tertiary/aromatic N) is 1. The van der Waals surface area contributed by atoms with Gasteiger partial charge in [-0.15, -0.1) is 0 Å². The third-order valence-corrected chi connectivity index (χ3v) is 3.99. The fourth-order valence-corrected chi connectivity index (χ4v) is 2.59. The largest absolute Gasteiger partial charge is 0.488 e. The van der Waals surface area contributed by atoms with E-state index in [9.17, 15) is 4.79 Å². The van der Waals surface area contributed by atoms with Crippen LogP contribution >= 0.6 is 0 Å². The maximum atomic E-state index is 11.9. The Balaban J connectivity index is 1.81. The highest BCUT2D eigenvalue weighted by atomic mass is 16.6. The molecule has 0 radical (unpaired) electrons. The normalized spacial score (nSPS) is 12.5. The first kappa shape index (κ1) is 22.4. The van der Waals surface area contributed by atoms with Crippen LogP contribution in [0.5, 0.6) is 5.75 Å². The zero-order chi connectivity index (χ0) is 21.1. The van der Waals surface area contributed by atoms with Gasteiger partial charge in [0.2, 0.25) is 0 Å². The summed E-state index contributed by atoms with van der Waals surface area (Å²) in [6.45, 7) is 6.38. The summed E-state index contributed by atoms with van der Waals surface area (Å²) in [6, 6.07) is 17.4. The molecule has 0 aliphatic rings. The van der Waals surface area contributed by atoms with Crippen LogP contribution in [0.1, 0.15) is 31.9 Å². The van der Waals surface area contributed by atoms with Gasteiger partial charge in [-0.3, -0.25) is 0 Å². The zero-order valence-electron chi connectivity index (χ0n) is 17.5. The predicted octanol–water partition coefficient (Wildman–Crippen LogP) is 4.17. The topological polar surface area (TPSA) is 66.4 Å². The molecule has 0 amide bonds. The van der Waals surface area contributed by atoms with Gasteiger partial charge in [-0.25, -0.2) is 4.79 Å². The molecule has 0 saturated carbocycles. The molecule has 6 nitrogen and oxygen atoms in total. The number of oxime groups is 1. The monoisotopic (exact) mass is 399 g/mol. The van der Waals surface area contributed by atoms with Crippen molar-refractivity contribution in [3.8, 4) is 5.75 Å². The lowest BCUT2D eigenvalue weighted by Crippen LogP contribution is -2.30. The Bertz CT molecular complexity index is 772. The molecule has 0 fully saturated rings.